The van der Waals surface area contributed by atoms with Crippen molar-refractivity contribution in [1.82, 2.24) is 5.48 Å². The summed E-state index contributed by atoms with van der Waals surface area (Å²) in [5.41, 5.74) is 3.96. The molecule has 0 aliphatic heterocycles. The van der Waals surface area contributed by atoms with Crippen molar-refractivity contribution in [3.8, 4) is 0 Å². The molecule has 0 saturated heterocycles. The van der Waals surface area contributed by atoms with Gasteiger partial charge in [-0.15, -0.1) is 0 Å². The fraction of sp³-hybridized carbons (Fsp3) is 0.333. The lowest BCUT2D eigenvalue weighted by Crippen LogP contribution is -2.13. The molecule has 0 unspecified atom stereocenters. The molecule has 0 saturated carbocycles. The van der Waals surface area contributed by atoms with Crippen LogP contribution in [0.2, 0.25) is 5.02 Å². The first-order valence-electron chi connectivity index (χ1n) is 4.02. The third kappa shape index (κ3) is 3.65. The summed E-state index contributed by atoms with van der Waals surface area (Å²) in [6.07, 6.45) is 0. The predicted molar refractivity (Wildman–Crippen MR) is 57.6 cm³/mol. The molecular weight excluding hydrogens is 253 g/mol. The summed E-state index contributed by atoms with van der Waals surface area (Å²) in [6.45, 7) is 3.26. The zero-order valence-corrected chi connectivity index (χ0v) is 9.65. The molecule has 0 spiro atoms. The summed E-state index contributed by atoms with van der Waals surface area (Å²) < 4.78 is 0.993. The molecule has 1 aromatic rings. The number of nitrogens with one attached hydrogen (secondary N) is 1. The lowest BCUT2D eigenvalue weighted by molar-refractivity contribution is 0.0462. The van der Waals surface area contributed by atoms with E-state index in [-0.39, 0.29) is 0 Å². The molecule has 0 aliphatic rings. The van der Waals surface area contributed by atoms with E-state index in [1.54, 1.807) is 0 Å². The molecular formula is C9H11BrClNO. The molecule has 1 aromatic carbocycles. The van der Waals surface area contributed by atoms with E-state index in [2.05, 4.69) is 21.4 Å². The number of hydrogen-bond donors (Lipinski definition) is 1. The van der Waals surface area contributed by atoms with Crippen LogP contribution in [0, 0.1) is 0 Å². The first kappa shape index (κ1) is 11.0. The molecule has 1 rings (SSSR count). The quantitative estimate of drug-likeness (QED) is 0.666. The lowest BCUT2D eigenvalue weighted by Gasteiger charge is -2.05. The molecule has 0 radical (unpaired) electrons. The van der Waals surface area contributed by atoms with Gasteiger partial charge in [0.05, 0.1) is 6.61 Å². The Morgan fingerprint density at radius 2 is 2.31 bits per heavy atom. The van der Waals surface area contributed by atoms with Crippen molar-refractivity contribution in [2.24, 2.45) is 0 Å². The second-order valence-corrected chi connectivity index (χ2v) is 3.78. The van der Waals surface area contributed by atoms with Crippen molar-refractivity contribution in [3.05, 3.63) is 33.3 Å². The van der Waals surface area contributed by atoms with E-state index in [0.29, 0.717) is 13.2 Å². The molecule has 0 amide bonds. The molecule has 72 valence electrons. The van der Waals surface area contributed by atoms with Crippen LogP contribution in [0.15, 0.2) is 22.7 Å². The van der Waals surface area contributed by atoms with Crippen LogP contribution in [-0.2, 0) is 11.4 Å². The molecule has 0 heterocycles. The van der Waals surface area contributed by atoms with Gasteiger partial charge in [0.25, 0.3) is 0 Å². The van der Waals surface area contributed by atoms with Crippen LogP contribution in [0.3, 0.4) is 0 Å². The van der Waals surface area contributed by atoms with Gasteiger partial charge in [-0.1, -0.05) is 33.6 Å². The molecule has 0 fully saturated rings. The lowest BCUT2D eigenvalue weighted by atomic mass is 10.2. The van der Waals surface area contributed by atoms with E-state index >= 15 is 0 Å². The van der Waals surface area contributed by atoms with Crippen molar-refractivity contribution in [2.45, 2.75) is 13.5 Å². The van der Waals surface area contributed by atoms with Gasteiger partial charge in [-0.05, 0) is 24.6 Å². The topological polar surface area (TPSA) is 21.3 Å². The van der Waals surface area contributed by atoms with E-state index in [4.69, 9.17) is 16.4 Å². The number of halogens is 2. The van der Waals surface area contributed by atoms with Crippen LogP contribution in [-0.4, -0.2) is 6.61 Å². The van der Waals surface area contributed by atoms with Gasteiger partial charge < -0.3 is 4.84 Å². The smallest absolute Gasteiger partial charge is 0.0654 e. The van der Waals surface area contributed by atoms with Gasteiger partial charge in [-0.2, -0.15) is 5.48 Å². The van der Waals surface area contributed by atoms with Gasteiger partial charge in [0.1, 0.15) is 0 Å². The maximum absolute atomic E-state index is 5.80. The van der Waals surface area contributed by atoms with Crippen LogP contribution in [0.1, 0.15) is 12.5 Å². The van der Waals surface area contributed by atoms with Gasteiger partial charge in [0, 0.05) is 16.0 Å². The largest absolute Gasteiger partial charge is 0.302 e. The number of benzene rings is 1. The summed E-state index contributed by atoms with van der Waals surface area (Å²) in [5.74, 6) is 0. The minimum Gasteiger partial charge on any atom is -0.302 e. The highest BCUT2D eigenvalue weighted by Crippen LogP contribution is 2.21. The van der Waals surface area contributed by atoms with Crippen LogP contribution in [0.4, 0.5) is 0 Å². The van der Waals surface area contributed by atoms with Gasteiger partial charge in [0.2, 0.25) is 0 Å². The van der Waals surface area contributed by atoms with Gasteiger partial charge >= 0.3 is 0 Å². The zero-order valence-electron chi connectivity index (χ0n) is 7.31. The summed E-state index contributed by atoms with van der Waals surface area (Å²) in [6, 6.07) is 5.68. The monoisotopic (exact) mass is 263 g/mol. The average molecular weight is 265 g/mol. The van der Waals surface area contributed by atoms with Gasteiger partial charge in [0.15, 0.2) is 0 Å². The Balaban J connectivity index is 2.56. The highest BCUT2D eigenvalue weighted by molar-refractivity contribution is 9.10. The number of rotatable bonds is 4. The van der Waals surface area contributed by atoms with E-state index < -0.39 is 0 Å². The molecule has 2 nitrogen and oxygen atoms in total. The Kier molecular flexibility index (Phi) is 4.73. The molecule has 1 N–H and O–H groups in total. The van der Waals surface area contributed by atoms with Crippen molar-refractivity contribution in [3.63, 3.8) is 0 Å². The SMILES string of the molecule is CCONCc1ccc(Cl)cc1Br. The normalized spacial score (nSPS) is 10.4. The van der Waals surface area contributed by atoms with Crippen LogP contribution in [0.5, 0.6) is 0 Å². The molecule has 0 aliphatic carbocycles. The Bertz CT molecular complexity index is 280. The Morgan fingerprint density at radius 1 is 1.54 bits per heavy atom. The maximum Gasteiger partial charge on any atom is 0.0654 e. The Morgan fingerprint density at radius 3 is 2.92 bits per heavy atom. The minimum atomic E-state index is 0.658. The van der Waals surface area contributed by atoms with E-state index in [1.807, 2.05) is 25.1 Å². The van der Waals surface area contributed by atoms with Crippen LogP contribution < -0.4 is 5.48 Å². The highest BCUT2D eigenvalue weighted by atomic mass is 79.9. The molecule has 0 atom stereocenters. The molecule has 0 bridgehead atoms. The fourth-order valence-corrected chi connectivity index (χ4v) is 1.72. The summed E-state index contributed by atoms with van der Waals surface area (Å²) in [5, 5.41) is 0.729. The zero-order chi connectivity index (χ0) is 9.68. The second-order valence-electron chi connectivity index (χ2n) is 2.49. The third-order valence-electron chi connectivity index (χ3n) is 1.52. The first-order chi connectivity index (χ1) is 6.24. The highest BCUT2D eigenvalue weighted by Gasteiger charge is 1.99. The van der Waals surface area contributed by atoms with Gasteiger partial charge in [-0.25, -0.2) is 0 Å². The summed E-state index contributed by atoms with van der Waals surface area (Å²) in [7, 11) is 0. The summed E-state index contributed by atoms with van der Waals surface area (Å²) in [4.78, 5) is 5.02. The van der Waals surface area contributed by atoms with Crippen LogP contribution in [0.25, 0.3) is 0 Å². The standard InChI is InChI=1S/C9H11BrClNO/c1-2-13-12-6-7-3-4-8(11)5-9(7)10/h3-5,12H,2,6H2,1H3. The van der Waals surface area contributed by atoms with Crippen LogP contribution >= 0.6 is 27.5 Å². The van der Waals surface area contributed by atoms with E-state index in [9.17, 15) is 0 Å². The molecule has 4 heteroatoms. The third-order valence-corrected chi connectivity index (χ3v) is 2.50. The predicted octanol–water partition coefficient (Wildman–Crippen LogP) is 3.14. The molecule has 13 heavy (non-hydrogen) atoms. The average Bonchev–Trinajstić information content (AvgIpc) is 2.09. The van der Waals surface area contributed by atoms with E-state index in [1.165, 1.54) is 0 Å². The van der Waals surface area contributed by atoms with Crippen molar-refractivity contribution >= 4 is 27.5 Å². The Hall–Kier alpha value is -0.0900. The van der Waals surface area contributed by atoms with Gasteiger partial charge in [-0.3, -0.25) is 0 Å². The minimum absolute atomic E-state index is 0.658. The number of hydrogen-bond acceptors (Lipinski definition) is 2. The van der Waals surface area contributed by atoms with Crippen molar-refractivity contribution in [2.75, 3.05) is 6.61 Å². The molecule has 0 aromatic heterocycles. The second kappa shape index (κ2) is 5.60. The Labute approximate surface area is 91.3 Å². The maximum atomic E-state index is 5.80. The number of hydroxylamine groups is 1. The fourth-order valence-electron chi connectivity index (χ4n) is 0.896. The van der Waals surface area contributed by atoms with E-state index in [0.717, 1.165) is 15.1 Å². The first-order valence-corrected chi connectivity index (χ1v) is 5.19. The van der Waals surface area contributed by atoms with Crippen molar-refractivity contribution < 1.29 is 4.84 Å². The van der Waals surface area contributed by atoms with Crippen molar-refractivity contribution in [1.29, 1.82) is 0 Å². The summed E-state index contributed by atoms with van der Waals surface area (Å²) >= 11 is 9.22.